The molecule has 1 aromatic heterocycles. The van der Waals surface area contributed by atoms with Crippen molar-refractivity contribution in [1.29, 1.82) is 0 Å². The summed E-state index contributed by atoms with van der Waals surface area (Å²) in [4.78, 5) is 15.6. The van der Waals surface area contributed by atoms with E-state index in [-0.39, 0.29) is 5.91 Å². The molecule has 30 heavy (non-hydrogen) atoms. The molecule has 3 rings (SSSR count). The second kappa shape index (κ2) is 11.4. The minimum absolute atomic E-state index is 0.372. The van der Waals surface area contributed by atoms with Crippen molar-refractivity contribution in [2.75, 3.05) is 12.3 Å². The molecule has 0 unspecified atom stereocenters. The Morgan fingerprint density at radius 1 is 1.07 bits per heavy atom. The summed E-state index contributed by atoms with van der Waals surface area (Å²) in [5.74, 6) is 0.306. The SMILES string of the molecule is CCCCn1c(SCCNC(=O)C(Cl)Cl)nc(-c2ccccc2)c1-c1ccccc1. The lowest BCUT2D eigenvalue weighted by Crippen LogP contribution is -2.30. The number of hydrogen-bond acceptors (Lipinski definition) is 3. The average Bonchev–Trinajstić information content (AvgIpc) is 3.14. The molecule has 0 aliphatic rings. The molecule has 1 amide bonds. The molecule has 0 atom stereocenters. The first-order valence-corrected chi connectivity index (χ1v) is 11.9. The van der Waals surface area contributed by atoms with E-state index in [1.54, 1.807) is 11.8 Å². The smallest absolute Gasteiger partial charge is 0.253 e. The third kappa shape index (κ3) is 5.81. The quantitative estimate of drug-likeness (QED) is 0.227. The molecule has 0 fully saturated rings. The monoisotopic (exact) mass is 461 g/mol. The number of aromatic nitrogens is 2. The van der Waals surface area contributed by atoms with Crippen molar-refractivity contribution in [3.8, 4) is 22.5 Å². The number of alkyl halides is 2. The molecular weight excluding hydrogens is 437 g/mol. The number of nitrogens with zero attached hydrogens (tertiary/aromatic N) is 2. The minimum atomic E-state index is -1.05. The Labute approximate surface area is 192 Å². The number of benzene rings is 2. The summed E-state index contributed by atoms with van der Waals surface area (Å²) < 4.78 is 2.31. The molecule has 0 spiro atoms. The Balaban J connectivity index is 1.95. The van der Waals surface area contributed by atoms with Gasteiger partial charge in [0.05, 0.1) is 11.4 Å². The largest absolute Gasteiger partial charge is 0.353 e. The van der Waals surface area contributed by atoms with E-state index in [9.17, 15) is 4.79 Å². The summed E-state index contributed by atoms with van der Waals surface area (Å²) in [5.41, 5.74) is 4.34. The fraction of sp³-hybridized carbons (Fsp3) is 0.304. The Kier molecular flexibility index (Phi) is 8.67. The van der Waals surface area contributed by atoms with Crippen LogP contribution in [-0.4, -0.2) is 32.6 Å². The second-order valence-electron chi connectivity index (χ2n) is 6.77. The molecule has 0 radical (unpaired) electrons. The molecule has 0 saturated heterocycles. The lowest BCUT2D eigenvalue weighted by atomic mass is 10.0. The van der Waals surface area contributed by atoms with Crippen LogP contribution in [0.15, 0.2) is 65.8 Å². The maximum absolute atomic E-state index is 11.6. The van der Waals surface area contributed by atoms with Gasteiger partial charge in [-0.25, -0.2) is 4.98 Å². The number of halogens is 2. The Hall–Kier alpha value is -1.95. The van der Waals surface area contributed by atoms with Crippen LogP contribution < -0.4 is 5.32 Å². The molecule has 3 aromatic rings. The maximum Gasteiger partial charge on any atom is 0.253 e. The summed E-state index contributed by atoms with van der Waals surface area (Å²) >= 11 is 12.8. The zero-order valence-corrected chi connectivity index (χ0v) is 19.2. The van der Waals surface area contributed by atoms with Gasteiger partial charge in [-0.2, -0.15) is 0 Å². The molecule has 0 aliphatic carbocycles. The van der Waals surface area contributed by atoms with Crippen LogP contribution in [0.1, 0.15) is 19.8 Å². The van der Waals surface area contributed by atoms with Gasteiger partial charge in [0, 0.05) is 30.0 Å². The Bertz CT molecular complexity index is 946. The second-order valence-corrected chi connectivity index (χ2v) is 8.93. The van der Waals surface area contributed by atoms with Crippen LogP contribution in [0.4, 0.5) is 0 Å². The van der Waals surface area contributed by atoms with Gasteiger partial charge in [-0.3, -0.25) is 4.79 Å². The third-order valence-electron chi connectivity index (χ3n) is 4.59. The highest BCUT2D eigenvalue weighted by atomic mass is 35.5. The van der Waals surface area contributed by atoms with E-state index in [4.69, 9.17) is 28.2 Å². The highest BCUT2D eigenvalue weighted by Gasteiger charge is 2.20. The summed E-state index contributed by atoms with van der Waals surface area (Å²) in [6.45, 7) is 3.55. The molecule has 0 aliphatic heterocycles. The summed E-state index contributed by atoms with van der Waals surface area (Å²) in [5, 5.41) is 3.69. The first-order chi connectivity index (χ1) is 14.6. The fourth-order valence-corrected chi connectivity index (χ4v) is 4.18. The van der Waals surface area contributed by atoms with Gasteiger partial charge in [-0.15, -0.1) is 0 Å². The van der Waals surface area contributed by atoms with Crippen LogP contribution in [0.2, 0.25) is 0 Å². The van der Waals surface area contributed by atoms with Gasteiger partial charge < -0.3 is 9.88 Å². The summed E-state index contributed by atoms with van der Waals surface area (Å²) in [7, 11) is 0. The number of amides is 1. The van der Waals surface area contributed by atoms with Gasteiger partial charge in [-0.1, -0.05) is 109 Å². The average molecular weight is 462 g/mol. The number of thioether (sulfide) groups is 1. The molecule has 4 nitrogen and oxygen atoms in total. The van der Waals surface area contributed by atoms with Crippen molar-refractivity contribution >= 4 is 40.9 Å². The molecular formula is C23H25Cl2N3OS. The van der Waals surface area contributed by atoms with E-state index in [0.717, 1.165) is 47.1 Å². The summed E-state index contributed by atoms with van der Waals surface area (Å²) in [6.07, 6.45) is 2.16. The predicted molar refractivity (Wildman–Crippen MR) is 127 cm³/mol. The number of unbranched alkanes of at least 4 members (excludes halogenated alkanes) is 1. The Morgan fingerprint density at radius 2 is 1.70 bits per heavy atom. The van der Waals surface area contributed by atoms with Crippen LogP contribution in [0.25, 0.3) is 22.5 Å². The molecule has 7 heteroatoms. The molecule has 158 valence electrons. The number of imidazole rings is 1. The van der Waals surface area contributed by atoms with Crippen molar-refractivity contribution < 1.29 is 4.79 Å². The van der Waals surface area contributed by atoms with Gasteiger partial charge >= 0.3 is 0 Å². The fourth-order valence-electron chi connectivity index (χ4n) is 3.15. The van der Waals surface area contributed by atoms with E-state index >= 15 is 0 Å². The van der Waals surface area contributed by atoms with Crippen molar-refractivity contribution in [3.63, 3.8) is 0 Å². The lowest BCUT2D eigenvalue weighted by Gasteiger charge is -2.13. The van der Waals surface area contributed by atoms with Gasteiger partial charge in [0.15, 0.2) is 9.99 Å². The van der Waals surface area contributed by atoms with Crippen LogP contribution in [0.5, 0.6) is 0 Å². The van der Waals surface area contributed by atoms with Crippen LogP contribution >= 0.6 is 35.0 Å². The van der Waals surface area contributed by atoms with E-state index < -0.39 is 4.84 Å². The topological polar surface area (TPSA) is 46.9 Å². The van der Waals surface area contributed by atoms with Crippen molar-refractivity contribution in [2.45, 2.75) is 36.3 Å². The van der Waals surface area contributed by atoms with E-state index in [0.29, 0.717) is 12.3 Å². The summed E-state index contributed by atoms with van der Waals surface area (Å²) in [6, 6.07) is 20.7. The first-order valence-electron chi connectivity index (χ1n) is 10.0. The first kappa shape index (κ1) is 22.7. The van der Waals surface area contributed by atoms with Crippen molar-refractivity contribution in [1.82, 2.24) is 14.9 Å². The van der Waals surface area contributed by atoms with Gasteiger partial charge in [-0.05, 0) is 6.42 Å². The number of carbonyl (C=O) groups excluding carboxylic acids is 1. The molecule has 0 bridgehead atoms. The molecule has 1 N–H and O–H groups in total. The number of hydrogen-bond donors (Lipinski definition) is 1. The van der Waals surface area contributed by atoms with Gasteiger partial charge in [0.25, 0.3) is 5.91 Å². The van der Waals surface area contributed by atoms with Crippen LogP contribution in [0, 0.1) is 0 Å². The normalized spacial score (nSPS) is 11.1. The predicted octanol–water partition coefficient (Wildman–Crippen LogP) is 6.03. The van der Waals surface area contributed by atoms with E-state index in [1.807, 2.05) is 24.3 Å². The standard InChI is InChI=1S/C23H25Cl2N3OS/c1-2-3-15-28-20(18-12-8-5-9-13-18)19(17-10-6-4-7-11-17)27-23(28)30-16-14-26-22(29)21(24)25/h4-13,21H,2-3,14-16H2,1H3,(H,26,29). The lowest BCUT2D eigenvalue weighted by molar-refractivity contribution is -0.119. The van der Waals surface area contributed by atoms with Crippen LogP contribution in [-0.2, 0) is 11.3 Å². The zero-order valence-electron chi connectivity index (χ0n) is 16.9. The minimum Gasteiger partial charge on any atom is -0.353 e. The highest BCUT2D eigenvalue weighted by Crippen LogP contribution is 2.36. The molecule has 0 saturated carbocycles. The number of nitrogens with one attached hydrogen (secondary N) is 1. The maximum atomic E-state index is 11.6. The zero-order chi connectivity index (χ0) is 21.3. The van der Waals surface area contributed by atoms with Crippen molar-refractivity contribution in [2.24, 2.45) is 0 Å². The van der Waals surface area contributed by atoms with Gasteiger partial charge in [0.1, 0.15) is 0 Å². The number of carbonyl (C=O) groups is 1. The van der Waals surface area contributed by atoms with E-state index in [2.05, 4.69) is 53.2 Å². The molecule has 2 aromatic carbocycles. The van der Waals surface area contributed by atoms with Crippen LogP contribution in [0.3, 0.4) is 0 Å². The van der Waals surface area contributed by atoms with Crippen molar-refractivity contribution in [3.05, 3.63) is 60.7 Å². The van der Waals surface area contributed by atoms with E-state index in [1.165, 1.54) is 0 Å². The van der Waals surface area contributed by atoms with Gasteiger partial charge in [0.2, 0.25) is 0 Å². The highest BCUT2D eigenvalue weighted by molar-refractivity contribution is 7.99. The molecule has 1 heterocycles. The Morgan fingerprint density at radius 3 is 2.30 bits per heavy atom. The third-order valence-corrected chi connectivity index (χ3v) is 5.97. The number of rotatable bonds is 10.